The predicted octanol–water partition coefficient (Wildman–Crippen LogP) is 2.47. The highest BCUT2D eigenvalue weighted by molar-refractivity contribution is 5.95. The zero-order chi connectivity index (χ0) is 18.5. The Bertz CT molecular complexity index is 809. The first-order valence-corrected chi connectivity index (χ1v) is 8.37. The minimum atomic E-state index is -0.421. The summed E-state index contributed by atoms with van der Waals surface area (Å²) in [7, 11) is 0. The fourth-order valence-corrected chi connectivity index (χ4v) is 2.99. The lowest BCUT2D eigenvalue weighted by Crippen LogP contribution is -2.42. The van der Waals surface area contributed by atoms with Crippen molar-refractivity contribution in [3.05, 3.63) is 59.7 Å². The van der Waals surface area contributed by atoms with Gasteiger partial charge in [-0.2, -0.15) is 0 Å². The Kier molecular flexibility index (Phi) is 5.46. The van der Waals surface area contributed by atoms with Crippen molar-refractivity contribution in [1.82, 2.24) is 5.32 Å². The van der Waals surface area contributed by atoms with Gasteiger partial charge in [0.1, 0.15) is 11.6 Å². The second kappa shape index (κ2) is 7.95. The normalized spacial score (nSPS) is 13.1. The first-order valence-electron chi connectivity index (χ1n) is 8.37. The number of halogens is 2. The van der Waals surface area contributed by atoms with Crippen LogP contribution in [0.1, 0.15) is 12.0 Å². The molecule has 2 aromatic carbocycles. The standard InChI is InChI=1S/C19H19F2N3O2/c20-14-6-8-15(9-7-14)23-17(25)11-22-18(26)12-24-10-2-4-13-3-1-5-16(21)19(13)24/h1,3,5-9H,2,4,10-12H2,(H,22,26)(H,23,25). The molecule has 5 nitrogen and oxygen atoms in total. The molecule has 136 valence electrons. The summed E-state index contributed by atoms with van der Waals surface area (Å²) >= 11 is 0. The number of carbonyl (C=O) groups is 2. The van der Waals surface area contributed by atoms with E-state index < -0.39 is 11.7 Å². The maximum Gasteiger partial charge on any atom is 0.243 e. The number of para-hydroxylation sites is 1. The smallest absolute Gasteiger partial charge is 0.243 e. The molecule has 0 aliphatic carbocycles. The maximum atomic E-state index is 14.1. The molecule has 7 heteroatoms. The lowest BCUT2D eigenvalue weighted by atomic mass is 10.0. The Morgan fingerprint density at radius 3 is 2.58 bits per heavy atom. The molecule has 2 N–H and O–H groups in total. The third-order valence-electron chi connectivity index (χ3n) is 4.17. The topological polar surface area (TPSA) is 61.4 Å². The third kappa shape index (κ3) is 4.36. The Morgan fingerprint density at radius 1 is 1.04 bits per heavy atom. The van der Waals surface area contributed by atoms with E-state index in [4.69, 9.17) is 0 Å². The van der Waals surface area contributed by atoms with Crippen LogP contribution in [-0.2, 0) is 16.0 Å². The Balaban J connectivity index is 1.52. The number of fused-ring (bicyclic) bond motifs is 1. The first-order chi connectivity index (χ1) is 12.5. The zero-order valence-corrected chi connectivity index (χ0v) is 14.1. The van der Waals surface area contributed by atoms with E-state index in [1.54, 1.807) is 11.0 Å². The van der Waals surface area contributed by atoms with Gasteiger partial charge in [-0.1, -0.05) is 12.1 Å². The van der Waals surface area contributed by atoms with Crippen LogP contribution in [-0.4, -0.2) is 31.4 Å². The summed E-state index contributed by atoms with van der Waals surface area (Å²) in [6.07, 6.45) is 1.63. The van der Waals surface area contributed by atoms with Gasteiger partial charge in [0.05, 0.1) is 18.8 Å². The fraction of sp³-hybridized carbons (Fsp3) is 0.263. The molecule has 0 spiro atoms. The molecule has 3 rings (SSSR count). The molecule has 0 radical (unpaired) electrons. The molecule has 2 aromatic rings. The number of rotatable bonds is 5. The Morgan fingerprint density at radius 2 is 1.81 bits per heavy atom. The predicted molar refractivity (Wildman–Crippen MR) is 95.0 cm³/mol. The average Bonchev–Trinajstić information content (AvgIpc) is 2.62. The van der Waals surface area contributed by atoms with E-state index in [9.17, 15) is 18.4 Å². The van der Waals surface area contributed by atoms with Gasteiger partial charge in [-0.05, 0) is 48.7 Å². The summed E-state index contributed by atoms with van der Waals surface area (Å²) in [5.74, 6) is -1.53. The van der Waals surface area contributed by atoms with Crippen LogP contribution in [0.25, 0.3) is 0 Å². The molecule has 0 fully saturated rings. The van der Waals surface area contributed by atoms with Crippen molar-refractivity contribution >= 4 is 23.2 Å². The maximum absolute atomic E-state index is 14.1. The van der Waals surface area contributed by atoms with E-state index in [0.717, 1.165) is 18.4 Å². The molecule has 1 aliphatic heterocycles. The van der Waals surface area contributed by atoms with Crippen molar-refractivity contribution in [3.8, 4) is 0 Å². The number of benzene rings is 2. The highest BCUT2D eigenvalue weighted by atomic mass is 19.1. The number of nitrogens with one attached hydrogen (secondary N) is 2. The number of aryl methyl sites for hydroxylation is 1. The summed E-state index contributed by atoms with van der Waals surface area (Å²) in [4.78, 5) is 25.7. The van der Waals surface area contributed by atoms with E-state index in [1.807, 2.05) is 6.07 Å². The highest BCUT2D eigenvalue weighted by Gasteiger charge is 2.22. The van der Waals surface area contributed by atoms with Crippen LogP contribution < -0.4 is 15.5 Å². The van der Waals surface area contributed by atoms with Crippen LogP contribution in [0.15, 0.2) is 42.5 Å². The second-order valence-electron chi connectivity index (χ2n) is 6.10. The van der Waals surface area contributed by atoms with Gasteiger partial charge >= 0.3 is 0 Å². The average molecular weight is 359 g/mol. The SMILES string of the molecule is O=C(CN1CCCc2cccc(F)c21)NCC(=O)Nc1ccc(F)cc1. The molecular weight excluding hydrogens is 340 g/mol. The van der Waals surface area contributed by atoms with Crippen LogP contribution >= 0.6 is 0 Å². The zero-order valence-electron chi connectivity index (χ0n) is 14.1. The van der Waals surface area contributed by atoms with Crippen LogP contribution in [0.3, 0.4) is 0 Å². The van der Waals surface area contributed by atoms with Gasteiger partial charge in [-0.15, -0.1) is 0 Å². The quantitative estimate of drug-likeness (QED) is 0.862. The van der Waals surface area contributed by atoms with Crippen LogP contribution in [0.2, 0.25) is 0 Å². The number of amides is 2. The van der Waals surface area contributed by atoms with E-state index >= 15 is 0 Å². The number of hydrogen-bond donors (Lipinski definition) is 2. The Labute approximate surface area is 150 Å². The summed E-state index contributed by atoms with van der Waals surface area (Å²) in [5.41, 5.74) is 1.79. The van der Waals surface area contributed by atoms with Gasteiger partial charge in [-0.3, -0.25) is 9.59 Å². The molecular formula is C19H19F2N3O2. The number of anilines is 2. The summed E-state index contributed by atoms with van der Waals surface area (Å²) in [6.45, 7) is 0.356. The van der Waals surface area contributed by atoms with Gasteiger partial charge in [0.25, 0.3) is 0 Å². The Hall–Kier alpha value is -2.96. The molecule has 0 unspecified atom stereocenters. The molecule has 0 aromatic heterocycles. The van der Waals surface area contributed by atoms with E-state index in [2.05, 4.69) is 10.6 Å². The molecule has 1 heterocycles. The van der Waals surface area contributed by atoms with Crippen molar-refractivity contribution in [2.75, 3.05) is 29.9 Å². The molecule has 26 heavy (non-hydrogen) atoms. The minimum Gasteiger partial charge on any atom is -0.360 e. The van der Waals surface area contributed by atoms with Crippen LogP contribution in [0.5, 0.6) is 0 Å². The highest BCUT2D eigenvalue weighted by Crippen LogP contribution is 2.29. The number of nitrogens with zero attached hydrogens (tertiary/aromatic N) is 1. The van der Waals surface area contributed by atoms with Crippen molar-refractivity contribution in [3.63, 3.8) is 0 Å². The summed E-state index contributed by atoms with van der Waals surface area (Å²) in [6, 6.07) is 10.2. The third-order valence-corrected chi connectivity index (χ3v) is 4.17. The minimum absolute atomic E-state index is 0.0161. The molecule has 2 amide bonds. The summed E-state index contributed by atoms with van der Waals surface area (Å²) < 4.78 is 26.9. The van der Waals surface area contributed by atoms with E-state index in [-0.39, 0.29) is 24.8 Å². The van der Waals surface area contributed by atoms with Crippen molar-refractivity contribution < 1.29 is 18.4 Å². The second-order valence-corrected chi connectivity index (χ2v) is 6.10. The van der Waals surface area contributed by atoms with Crippen molar-refractivity contribution in [1.29, 1.82) is 0 Å². The molecule has 1 aliphatic rings. The van der Waals surface area contributed by atoms with Crippen LogP contribution in [0, 0.1) is 11.6 Å². The van der Waals surface area contributed by atoms with Gasteiger partial charge < -0.3 is 15.5 Å². The molecule has 0 bridgehead atoms. The molecule has 0 atom stereocenters. The fourth-order valence-electron chi connectivity index (χ4n) is 2.99. The summed E-state index contributed by atoms with van der Waals surface area (Å²) in [5, 5.41) is 5.08. The van der Waals surface area contributed by atoms with Gasteiger partial charge in [0.15, 0.2) is 0 Å². The van der Waals surface area contributed by atoms with E-state index in [0.29, 0.717) is 17.9 Å². The first kappa shape index (κ1) is 17.8. The van der Waals surface area contributed by atoms with Crippen LogP contribution in [0.4, 0.5) is 20.2 Å². The monoisotopic (exact) mass is 359 g/mol. The van der Waals surface area contributed by atoms with Gasteiger partial charge in [0.2, 0.25) is 11.8 Å². The van der Waals surface area contributed by atoms with Gasteiger partial charge in [-0.25, -0.2) is 8.78 Å². The molecule has 0 saturated carbocycles. The lowest BCUT2D eigenvalue weighted by Gasteiger charge is -2.30. The largest absolute Gasteiger partial charge is 0.360 e. The van der Waals surface area contributed by atoms with Gasteiger partial charge in [0, 0.05) is 12.2 Å². The number of carbonyl (C=O) groups excluding carboxylic acids is 2. The lowest BCUT2D eigenvalue weighted by molar-refractivity contribution is -0.123. The number of hydrogen-bond acceptors (Lipinski definition) is 3. The van der Waals surface area contributed by atoms with Crippen molar-refractivity contribution in [2.45, 2.75) is 12.8 Å². The van der Waals surface area contributed by atoms with E-state index in [1.165, 1.54) is 30.3 Å². The molecule has 0 saturated heterocycles. The van der Waals surface area contributed by atoms with Crippen molar-refractivity contribution in [2.24, 2.45) is 0 Å².